The van der Waals surface area contributed by atoms with Crippen molar-refractivity contribution in [3.63, 3.8) is 0 Å². The van der Waals surface area contributed by atoms with Crippen LogP contribution in [0.5, 0.6) is 5.75 Å². The maximum absolute atomic E-state index is 12.1. The lowest BCUT2D eigenvalue weighted by molar-refractivity contribution is -0.139. The fourth-order valence-corrected chi connectivity index (χ4v) is 2.03. The van der Waals surface area contributed by atoms with Crippen LogP contribution < -0.4 is 11.1 Å². The summed E-state index contributed by atoms with van der Waals surface area (Å²) in [4.78, 5) is 24.8. The molecule has 102 valence electrons. The van der Waals surface area contributed by atoms with Crippen LogP contribution in [0.4, 0.5) is 0 Å². The highest BCUT2D eigenvalue weighted by Gasteiger charge is 2.25. The van der Waals surface area contributed by atoms with Crippen molar-refractivity contribution in [1.29, 1.82) is 0 Å². The Morgan fingerprint density at radius 3 is 2.74 bits per heavy atom. The third kappa shape index (κ3) is 3.45. The molecule has 19 heavy (non-hydrogen) atoms. The molecule has 1 unspecified atom stereocenters. The lowest BCUT2D eigenvalue weighted by Gasteiger charge is -2.28. The van der Waals surface area contributed by atoms with Crippen molar-refractivity contribution in [2.45, 2.75) is 12.5 Å². The molecular weight excluding hydrogens is 246 g/mol. The second-order valence-corrected chi connectivity index (χ2v) is 4.59. The average molecular weight is 263 g/mol. The van der Waals surface area contributed by atoms with Crippen LogP contribution in [0.1, 0.15) is 5.56 Å². The fourth-order valence-electron chi connectivity index (χ4n) is 2.03. The van der Waals surface area contributed by atoms with Crippen molar-refractivity contribution in [3.05, 3.63) is 29.8 Å². The molecule has 6 heteroatoms. The van der Waals surface area contributed by atoms with Gasteiger partial charge in [0.25, 0.3) is 0 Å². The van der Waals surface area contributed by atoms with Gasteiger partial charge in [0, 0.05) is 13.1 Å². The number of nitrogens with one attached hydrogen (secondary N) is 1. The molecule has 4 N–H and O–H groups in total. The molecule has 0 bridgehead atoms. The highest BCUT2D eigenvalue weighted by Crippen LogP contribution is 2.11. The van der Waals surface area contributed by atoms with Gasteiger partial charge in [0.05, 0.1) is 12.6 Å². The normalized spacial score (nSPS) is 16.9. The largest absolute Gasteiger partial charge is 0.508 e. The maximum atomic E-state index is 12.1. The second kappa shape index (κ2) is 5.71. The molecule has 2 amide bonds. The van der Waals surface area contributed by atoms with E-state index in [1.807, 2.05) is 0 Å². The molecule has 0 aromatic heterocycles. The van der Waals surface area contributed by atoms with Gasteiger partial charge in [0.1, 0.15) is 5.75 Å². The van der Waals surface area contributed by atoms with Gasteiger partial charge < -0.3 is 21.1 Å². The Bertz CT molecular complexity index is 473. The first-order valence-electron chi connectivity index (χ1n) is 6.15. The third-order valence-corrected chi connectivity index (χ3v) is 3.06. The van der Waals surface area contributed by atoms with Gasteiger partial charge in [0.15, 0.2) is 0 Å². The highest BCUT2D eigenvalue weighted by molar-refractivity contribution is 5.88. The van der Waals surface area contributed by atoms with Gasteiger partial charge in [0.2, 0.25) is 11.8 Å². The lowest BCUT2D eigenvalue weighted by atomic mass is 10.1. The summed E-state index contributed by atoms with van der Waals surface area (Å²) in [6.45, 7) is 1.03. The summed E-state index contributed by atoms with van der Waals surface area (Å²) in [6.07, 6.45) is 0.386. The van der Waals surface area contributed by atoms with Crippen LogP contribution in [0.2, 0.25) is 0 Å². The molecule has 1 aromatic carbocycles. The fraction of sp³-hybridized carbons (Fsp3) is 0.385. The molecule has 0 saturated carbocycles. The molecular formula is C13H17N3O3. The Morgan fingerprint density at radius 2 is 2.11 bits per heavy atom. The lowest BCUT2D eigenvalue weighted by Crippen LogP contribution is -2.54. The standard InChI is InChI=1S/C13H17N3O3/c14-11(7-9-1-3-10(17)4-2-9)13(19)16-6-5-15-12(18)8-16/h1-4,11,17H,5-8,14H2,(H,15,18). The van der Waals surface area contributed by atoms with Crippen molar-refractivity contribution >= 4 is 11.8 Å². The summed E-state index contributed by atoms with van der Waals surface area (Å²) in [6, 6.07) is 5.90. The third-order valence-electron chi connectivity index (χ3n) is 3.06. The van der Waals surface area contributed by atoms with Gasteiger partial charge in [-0.25, -0.2) is 0 Å². The first kappa shape index (κ1) is 13.4. The summed E-state index contributed by atoms with van der Waals surface area (Å²) < 4.78 is 0. The van der Waals surface area contributed by atoms with E-state index >= 15 is 0 Å². The van der Waals surface area contributed by atoms with Crippen LogP contribution in [0.25, 0.3) is 0 Å². The molecule has 1 fully saturated rings. The van der Waals surface area contributed by atoms with Gasteiger partial charge in [-0.15, -0.1) is 0 Å². The Morgan fingerprint density at radius 1 is 1.42 bits per heavy atom. The zero-order valence-electron chi connectivity index (χ0n) is 10.5. The van der Waals surface area contributed by atoms with E-state index in [1.165, 1.54) is 4.90 Å². The molecule has 1 atom stereocenters. The van der Waals surface area contributed by atoms with E-state index in [0.717, 1.165) is 5.56 Å². The SMILES string of the molecule is NC(Cc1ccc(O)cc1)C(=O)N1CCNC(=O)C1. The van der Waals surface area contributed by atoms with E-state index < -0.39 is 6.04 Å². The number of hydrogen-bond donors (Lipinski definition) is 3. The van der Waals surface area contributed by atoms with Crippen LogP contribution >= 0.6 is 0 Å². The van der Waals surface area contributed by atoms with Gasteiger partial charge in [-0.1, -0.05) is 12.1 Å². The molecule has 1 aliphatic rings. The summed E-state index contributed by atoms with van der Waals surface area (Å²) >= 11 is 0. The minimum atomic E-state index is -0.671. The summed E-state index contributed by atoms with van der Waals surface area (Å²) in [5.41, 5.74) is 6.75. The molecule has 0 radical (unpaired) electrons. The molecule has 1 heterocycles. The number of phenolic OH excluding ortho intramolecular Hbond substituents is 1. The van der Waals surface area contributed by atoms with E-state index in [9.17, 15) is 14.7 Å². The van der Waals surface area contributed by atoms with E-state index in [2.05, 4.69) is 5.32 Å². The predicted molar refractivity (Wildman–Crippen MR) is 69.4 cm³/mol. The van der Waals surface area contributed by atoms with Crippen molar-refractivity contribution in [2.24, 2.45) is 5.73 Å². The number of piperazine rings is 1. The monoisotopic (exact) mass is 263 g/mol. The van der Waals surface area contributed by atoms with Crippen molar-refractivity contribution in [2.75, 3.05) is 19.6 Å². The second-order valence-electron chi connectivity index (χ2n) is 4.59. The molecule has 6 nitrogen and oxygen atoms in total. The number of aromatic hydroxyl groups is 1. The first-order chi connectivity index (χ1) is 9.06. The maximum Gasteiger partial charge on any atom is 0.240 e. The van der Waals surface area contributed by atoms with Gasteiger partial charge in [-0.05, 0) is 24.1 Å². The average Bonchev–Trinajstić information content (AvgIpc) is 2.40. The number of nitrogens with two attached hydrogens (primary N) is 1. The van der Waals surface area contributed by atoms with Crippen molar-refractivity contribution in [1.82, 2.24) is 10.2 Å². The van der Waals surface area contributed by atoms with Crippen molar-refractivity contribution < 1.29 is 14.7 Å². The summed E-state index contributed by atoms with van der Waals surface area (Å²) in [7, 11) is 0. The smallest absolute Gasteiger partial charge is 0.240 e. The van der Waals surface area contributed by atoms with Gasteiger partial charge in [-0.3, -0.25) is 9.59 Å². The Balaban J connectivity index is 1.95. The molecule has 1 saturated heterocycles. The van der Waals surface area contributed by atoms with E-state index in [0.29, 0.717) is 19.5 Å². The number of nitrogens with zero attached hydrogens (tertiary/aromatic N) is 1. The van der Waals surface area contributed by atoms with Gasteiger partial charge >= 0.3 is 0 Å². The quantitative estimate of drug-likeness (QED) is 0.666. The summed E-state index contributed by atoms with van der Waals surface area (Å²) in [5.74, 6) is -0.198. The predicted octanol–water partition coefficient (Wildman–Crippen LogP) is -0.780. The zero-order valence-corrected chi connectivity index (χ0v) is 10.5. The first-order valence-corrected chi connectivity index (χ1v) is 6.15. The number of hydrogen-bond acceptors (Lipinski definition) is 4. The number of carbonyl (C=O) groups is 2. The Kier molecular flexibility index (Phi) is 4.01. The topological polar surface area (TPSA) is 95.7 Å². The zero-order chi connectivity index (χ0) is 13.8. The molecule has 0 spiro atoms. The minimum Gasteiger partial charge on any atom is -0.508 e. The van der Waals surface area contributed by atoms with Crippen LogP contribution in [0.15, 0.2) is 24.3 Å². The number of rotatable bonds is 3. The van der Waals surface area contributed by atoms with E-state index in [1.54, 1.807) is 24.3 Å². The summed E-state index contributed by atoms with van der Waals surface area (Å²) in [5, 5.41) is 11.8. The van der Waals surface area contributed by atoms with Gasteiger partial charge in [-0.2, -0.15) is 0 Å². The van der Waals surface area contributed by atoms with Crippen LogP contribution in [-0.2, 0) is 16.0 Å². The van der Waals surface area contributed by atoms with Crippen LogP contribution in [0, 0.1) is 0 Å². The van der Waals surface area contributed by atoms with E-state index in [4.69, 9.17) is 5.73 Å². The molecule has 0 aliphatic carbocycles. The number of phenols is 1. The van der Waals surface area contributed by atoms with Crippen LogP contribution in [-0.4, -0.2) is 47.5 Å². The van der Waals surface area contributed by atoms with Crippen molar-refractivity contribution in [3.8, 4) is 5.75 Å². The molecule has 1 aromatic rings. The molecule has 1 aliphatic heterocycles. The van der Waals surface area contributed by atoms with E-state index in [-0.39, 0.29) is 24.1 Å². The highest BCUT2D eigenvalue weighted by atomic mass is 16.3. The number of amides is 2. The minimum absolute atomic E-state index is 0.0715. The molecule has 2 rings (SSSR count). The number of carbonyl (C=O) groups excluding carboxylic acids is 2. The Hall–Kier alpha value is -2.08. The van der Waals surface area contributed by atoms with Crippen LogP contribution in [0.3, 0.4) is 0 Å². The Labute approximate surface area is 111 Å². The number of benzene rings is 1.